The van der Waals surface area contributed by atoms with Crippen LogP contribution in [-0.2, 0) is 16.0 Å². The third-order valence-corrected chi connectivity index (χ3v) is 5.93. The van der Waals surface area contributed by atoms with E-state index in [4.69, 9.17) is 5.11 Å². The molecule has 1 aromatic heterocycles. The number of hydrogen-bond acceptors (Lipinski definition) is 5. The van der Waals surface area contributed by atoms with Crippen molar-refractivity contribution < 1.29 is 19.5 Å². The van der Waals surface area contributed by atoms with Crippen molar-refractivity contribution in [2.24, 2.45) is 0 Å². The van der Waals surface area contributed by atoms with Crippen LogP contribution in [0.2, 0.25) is 0 Å². The largest absolute Gasteiger partial charge is 0.387 e. The Morgan fingerprint density at radius 1 is 1.23 bits per heavy atom. The second-order valence-corrected chi connectivity index (χ2v) is 7.45. The highest BCUT2D eigenvalue weighted by Crippen LogP contribution is 2.30. The number of amides is 2. The van der Waals surface area contributed by atoms with E-state index in [2.05, 4.69) is 0 Å². The molecule has 0 spiro atoms. The second-order valence-electron chi connectivity index (χ2n) is 6.50. The second kappa shape index (κ2) is 6.66. The molecule has 134 valence electrons. The predicted octanol–water partition coefficient (Wildman–Crippen LogP) is 1.19. The van der Waals surface area contributed by atoms with Crippen molar-refractivity contribution in [2.45, 2.75) is 12.5 Å². The smallest absolute Gasteiger partial charge is 0.254 e. The number of rotatable bonds is 2. The van der Waals surface area contributed by atoms with Gasteiger partial charge in [0, 0.05) is 36.5 Å². The van der Waals surface area contributed by atoms with E-state index in [9.17, 15) is 14.4 Å². The summed E-state index contributed by atoms with van der Waals surface area (Å²) in [5, 5.41) is 11.0. The molecule has 0 radical (unpaired) electrons. The van der Waals surface area contributed by atoms with Crippen LogP contribution in [0.5, 0.6) is 0 Å². The van der Waals surface area contributed by atoms with Gasteiger partial charge in [0.25, 0.3) is 5.91 Å². The minimum atomic E-state index is -0.649. The van der Waals surface area contributed by atoms with E-state index in [1.807, 2.05) is 35.7 Å². The number of fused-ring (bicyclic) bond motifs is 2. The molecule has 2 amide bonds. The Labute approximate surface area is 154 Å². The van der Waals surface area contributed by atoms with Crippen molar-refractivity contribution in [3.8, 4) is 10.4 Å². The molecule has 2 aromatic rings. The maximum atomic E-state index is 13.1. The lowest BCUT2D eigenvalue weighted by Gasteiger charge is -2.39. The molecule has 2 aliphatic rings. The Balaban J connectivity index is 1.68. The third-order valence-electron chi connectivity index (χ3n) is 5.01. The van der Waals surface area contributed by atoms with Crippen molar-refractivity contribution in [3.05, 3.63) is 46.8 Å². The lowest BCUT2D eigenvalue weighted by atomic mass is 9.98. The van der Waals surface area contributed by atoms with Crippen LogP contribution in [0, 0.1) is 0 Å². The van der Waals surface area contributed by atoms with Crippen molar-refractivity contribution in [2.75, 3.05) is 26.2 Å². The summed E-state index contributed by atoms with van der Waals surface area (Å²) in [5.74, 6) is -0.645. The van der Waals surface area contributed by atoms with Gasteiger partial charge in [-0.15, -0.1) is 11.3 Å². The monoisotopic (exact) mass is 370 g/mol. The number of piperazine rings is 1. The van der Waals surface area contributed by atoms with E-state index in [1.54, 1.807) is 16.2 Å². The van der Waals surface area contributed by atoms with Gasteiger partial charge >= 0.3 is 0 Å². The topological polar surface area (TPSA) is 77.9 Å². The fourth-order valence-electron chi connectivity index (χ4n) is 3.61. The van der Waals surface area contributed by atoms with Crippen LogP contribution >= 0.6 is 11.3 Å². The first kappa shape index (κ1) is 16.9. The SMILES string of the molecule is O=C1Cc2ccc(-c3cccs3)cc2C(=O)N2CCN(C(=O)CO)C[C@H]12. The number of nitrogens with zero attached hydrogens (tertiary/aromatic N) is 2. The molecule has 3 heterocycles. The first-order valence-corrected chi connectivity index (χ1v) is 9.35. The summed E-state index contributed by atoms with van der Waals surface area (Å²) in [6.45, 7) is 0.188. The molecule has 1 aromatic carbocycles. The van der Waals surface area contributed by atoms with Crippen LogP contribution in [0.1, 0.15) is 15.9 Å². The normalized spacial score (nSPS) is 19.8. The highest BCUT2D eigenvalue weighted by Gasteiger charge is 2.40. The number of carbonyl (C=O) groups excluding carboxylic acids is 3. The van der Waals surface area contributed by atoms with Gasteiger partial charge in [-0.3, -0.25) is 14.4 Å². The van der Waals surface area contributed by atoms with Crippen LogP contribution in [0.3, 0.4) is 0 Å². The fourth-order valence-corrected chi connectivity index (χ4v) is 4.34. The molecule has 1 N–H and O–H groups in total. The van der Waals surface area contributed by atoms with E-state index in [1.165, 1.54) is 4.90 Å². The molecule has 0 aliphatic carbocycles. The molecule has 0 unspecified atom stereocenters. The lowest BCUT2D eigenvalue weighted by Crippen LogP contribution is -2.59. The molecule has 1 fully saturated rings. The number of thiophene rings is 1. The summed E-state index contributed by atoms with van der Waals surface area (Å²) >= 11 is 1.60. The molecule has 7 heteroatoms. The van der Waals surface area contributed by atoms with Crippen LogP contribution in [-0.4, -0.2) is 64.8 Å². The van der Waals surface area contributed by atoms with E-state index < -0.39 is 18.6 Å². The summed E-state index contributed by atoms with van der Waals surface area (Å²) in [5.41, 5.74) is 2.26. The average molecular weight is 370 g/mol. The van der Waals surface area contributed by atoms with Gasteiger partial charge in [0.05, 0.1) is 0 Å². The Kier molecular flexibility index (Phi) is 4.34. The molecule has 26 heavy (non-hydrogen) atoms. The van der Waals surface area contributed by atoms with E-state index >= 15 is 0 Å². The predicted molar refractivity (Wildman–Crippen MR) is 97.0 cm³/mol. The Morgan fingerprint density at radius 2 is 2.08 bits per heavy atom. The van der Waals surface area contributed by atoms with Crippen LogP contribution < -0.4 is 0 Å². The molecule has 2 aliphatic heterocycles. The van der Waals surface area contributed by atoms with E-state index in [0.29, 0.717) is 18.7 Å². The zero-order valence-electron chi connectivity index (χ0n) is 14.1. The van der Waals surface area contributed by atoms with Gasteiger partial charge < -0.3 is 14.9 Å². The number of Topliss-reactive ketones (excluding diaryl/α,β-unsaturated/α-hetero) is 1. The Morgan fingerprint density at radius 3 is 2.81 bits per heavy atom. The lowest BCUT2D eigenvalue weighted by molar-refractivity contribution is -0.138. The maximum absolute atomic E-state index is 13.1. The van der Waals surface area contributed by atoms with E-state index in [-0.39, 0.29) is 24.7 Å². The molecule has 6 nitrogen and oxygen atoms in total. The zero-order valence-corrected chi connectivity index (χ0v) is 14.9. The summed E-state index contributed by atoms with van der Waals surface area (Å²) in [6.07, 6.45) is 0.175. The zero-order chi connectivity index (χ0) is 18.3. The molecule has 1 atom stereocenters. The summed E-state index contributed by atoms with van der Waals surface area (Å²) in [4.78, 5) is 41.7. The van der Waals surface area contributed by atoms with Gasteiger partial charge in [0.2, 0.25) is 5.91 Å². The maximum Gasteiger partial charge on any atom is 0.254 e. The third kappa shape index (κ3) is 2.83. The first-order valence-electron chi connectivity index (χ1n) is 8.47. The van der Waals surface area contributed by atoms with Gasteiger partial charge in [0.15, 0.2) is 5.78 Å². The summed E-state index contributed by atoms with van der Waals surface area (Å²) < 4.78 is 0. The van der Waals surface area contributed by atoms with Crippen molar-refractivity contribution >= 4 is 28.9 Å². The van der Waals surface area contributed by atoms with Gasteiger partial charge in [-0.25, -0.2) is 0 Å². The fraction of sp³-hybridized carbons (Fsp3) is 0.316. The number of hydrogen-bond donors (Lipinski definition) is 1. The molecule has 0 bridgehead atoms. The van der Waals surface area contributed by atoms with Gasteiger partial charge in [-0.1, -0.05) is 18.2 Å². The van der Waals surface area contributed by atoms with Crippen molar-refractivity contribution in [1.82, 2.24) is 9.80 Å². The van der Waals surface area contributed by atoms with Crippen LogP contribution in [0.15, 0.2) is 35.7 Å². The molecule has 0 saturated carbocycles. The summed E-state index contributed by atoms with van der Waals surface area (Å²) in [6, 6.07) is 8.98. The highest BCUT2D eigenvalue weighted by atomic mass is 32.1. The minimum absolute atomic E-state index is 0.0728. The van der Waals surface area contributed by atoms with Gasteiger partial charge in [-0.2, -0.15) is 0 Å². The molecular weight excluding hydrogens is 352 g/mol. The summed E-state index contributed by atoms with van der Waals surface area (Å²) in [7, 11) is 0. The number of aliphatic hydroxyl groups excluding tert-OH is 1. The quantitative estimate of drug-likeness (QED) is 0.861. The van der Waals surface area contributed by atoms with Gasteiger partial charge in [0.1, 0.15) is 12.6 Å². The van der Waals surface area contributed by atoms with Crippen LogP contribution in [0.25, 0.3) is 10.4 Å². The standard InChI is InChI=1S/C19H18N2O4S/c22-11-18(24)20-5-6-21-15(10-20)16(23)9-12-3-4-13(8-14(12)19(21)25)17-2-1-7-26-17/h1-4,7-8,15,22H,5-6,9-11H2/t15-/m1/s1. The van der Waals surface area contributed by atoms with Crippen LogP contribution in [0.4, 0.5) is 0 Å². The Hall–Kier alpha value is -2.51. The van der Waals surface area contributed by atoms with E-state index in [0.717, 1.165) is 16.0 Å². The number of benzene rings is 1. The number of ketones is 1. The number of carbonyl (C=O) groups is 3. The number of aliphatic hydroxyl groups is 1. The van der Waals surface area contributed by atoms with Crippen molar-refractivity contribution in [3.63, 3.8) is 0 Å². The Bertz CT molecular complexity index is 878. The average Bonchev–Trinajstić information content (AvgIpc) is 3.18. The molecule has 4 rings (SSSR count). The minimum Gasteiger partial charge on any atom is -0.387 e. The molecular formula is C19H18N2O4S. The van der Waals surface area contributed by atoms with Gasteiger partial charge in [-0.05, 0) is 28.6 Å². The van der Waals surface area contributed by atoms with Crippen molar-refractivity contribution in [1.29, 1.82) is 0 Å². The highest BCUT2D eigenvalue weighted by molar-refractivity contribution is 7.13. The molecule has 1 saturated heterocycles. The first-order chi connectivity index (χ1) is 12.6.